The van der Waals surface area contributed by atoms with Gasteiger partial charge in [0.05, 0.1) is 12.7 Å². The second-order valence-corrected chi connectivity index (χ2v) is 5.30. The highest BCUT2D eigenvalue weighted by Gasteiger charge is 2.24. The van der Waals surface area contributed by atoms with Gasteiger partial charge in [-0.2, -0.15) is 0 Å². The molecule has 4 nitrogen and oxygen atoms in total. The molecule has 6 heteroatoms. The summed E-state index contributed by atoms with van der Waals surface area (Å²) in [5.41, 5.74) is 7.40. The van der Waals surface area contributed by atoms with E-state index < -0.39 is 0 Å². The Bertz CT molecular complexity index is 456. The lowest BCUT2D eigenvalue weighted by Crippen LogP contribution is -2.48. The van der Waals surface area contributed by atoms with Crippen LogP contribution in [0.4, 0.5) is 0 Å². The molecule has 1 aliphatic heterocycles. The molecule has 2 N–H and O–H groups in total. The molecule has 1 unspecified atom stereocenters. The first-order valence-corrected chi connectivity index (χ1v) is 6.78. The molecule has 0 bridgehead atoms. The largest absolute Gasteiger partial charge is 0.373 e. The average molecular weight is 350 g/mol. The maximum absolute atomic E-state index is 12.3. The van der Waals surface area contributed by atoms with Crippen molar-refractivity contribution in [1.29, 1.82) is 0 Å². The van der Waals surface area contributed by atoms with E-state index >= 15 is 0 Å². The maximum Gasteiger partial charge on any atom is 0.254 e. The van der Waals surface area contributed by atoms with Gasteiger partial charge in [-0.05, 0) is 24.6 Å². The smallest absolute Gasteiger partial charge is 0.254 e. The molecule has 1 fully saturated rings. The number of ether oxygens (including phenoxy) is 1. The third kappa shape index (κ3) is 3.92. The predicted molar refractivity (Wildman–Crippen MR) is 80.8 cm³/mol. The number of hydrogen-bond acceptors (Lipinski definition) is 3. The van der Waals surface area contributed by atoms with Crippen LogP contribution in [0.15, 0.2) is 22.7 Å². The summed E-state index contributed by atoms with van der Waals surface area (Å²) in [5, 5.41) is 0. The second-order valence-electron chi connectivity index (χ2n) is 4.44. The topological polar surface area (TPSA) is 55.6 Å². The van der Waals surface area contributed by atoms with E-state index in [0.29, 0.717) is 31.8 Å². The van der Waals surface area contributed by atoms with Crippen LogP contribution < -0.4 is 5.73 Å². The van der Waals surface area contributed by atoms with Gasteiger partial charge in [0.2, 0.25) is 0 Å². The van der Waals surface area contributed by atoms with Crippen LogP contribution in [0, 0.1) is 6.92 Å². The van der Waals surface area contributed by atoms with Crippen LogP contribution >= 0.6 is 28.3 Å². The lowest BCUT2D eigenvalue weighted by Gasteiger charge is -2.32. The number of carbonyl (C=O) groups excluding carboxylic acids is 1. The Hall–Kier alpha value is -0.620. The predicted octanol–water partition coefficient (Wildman–Crippen LogP) is 1.98. The van der Waals surface area contributed by atoms with Crippen molar-refractivity contribution in [3.8, 4) is 0 Å². The van der Waals surface area contributed by atoms with E-state index in [4.69, 9.17) is 10.5 Å². The fraction of sp³-hybridized carbons (Fsp3) is 0.462. The van der Waals surface area contributed by atoms with Gasteiger partial charge in [0.15, 0.2) is 0 Å². The van der Waals surface area contributed by atoms with Crippen molar-refractivity contribution in [2.45, 2.75) is 13.0 Å². The van der Waals surface area contributed by atoms with E-state index in [1.54, 1.807) is 4.90 Å². The van der Waals surface area contributed by atoms with Crippen LogP contribution in [0.3, 0.4) is 0 Å². The van der Waals surface area contributed by atoms with Crippen LogP contribution in [-0.2, 0) is 4.74 Å². The number of nitrogens with zero attached hydrogens (tertiary/aromatic N) is 1. The molecule has 1 heterocycles. The number of amides is 1. The first-order chi connectivity index (χ1) is 8.61. The van der Waals surface area contributed by atoms with Gasteiger partial charge in [-0.3, -0.25) is 4.79 Å². The minimum absolute atomic E-state index is 0. The summed E-state index contributed by atoms with van der Waals surface area (Å²) in [6.07, 6.45) is -0.0448. The van der Waals surface area contributed by atoms with Crippen molar-refractivity contribution >= 4 is 34.2 Å². The fourth-order valence-electron chi connectivity index (χ4n) is 1.95. The minimum Gasteiger partial charge on any atom is -0.373 e. The molecule has 0 saturated carbocycles. The van der Waals surface area contributed by atoms with Gasteiger partial charge in [0.1, 0.15) is 0 Å². The molecule has 0 aromatic heterocycles. The summed E-state index contributed by atoms with van der Waals surface area (Å²) >= 11 is 3.45. The van der Waals surface area contributed by atoms with Gasteiger partial charge in [-0.25, -0.2) is 0 Å². The van der Waals surface area contributed by atoms with Crippen molar-refractivity contribution in [3.05, 3.63) is 33.8 Å². The van der Waals surface area contributed by atoms with E-state index in [2.05, 4.69) is 15.9 Å². The highest BCUT2D eigenvalue weighted by molar-refractivity contribution is 9.10. The molecule has 1 saturated heterocycles. The maximum atomic E-state index is 12.3. The SMILES string of the molecule is Cc1ccc(C(=O)N2CCOC(CN)C2)cc1Br.Cl. The molecular weight excluding hydrogens is 332 g/mol. The van der Waals surface area contributed by atoms with Crippen molar-refractivity contribution in [2.75, 3.05) is 26.2 Å². The van der Waals surface area contributed by atoms with Crippen LogP contribution in [-0.4, -0.2) is 43.2 Å². The molecule has 1 aromatic carbocycles. The third-order valence-electron chi connectivity index (χ3n) is 3.11. The molecule has 1 amide bonds. The van der Waals surface area contributed by atoms with Crippen LogP contribution in [0.1, 0.15) is 15.9 Å². The zero-order valence-corrected chi connectivity index (χ0v) is 13.2. The van der Waals surface area contributed by atoms with Crippen LogP contribution in [0.25, 0.3) is 0 Å². The molecule has 0 radical (unpaired) electrons. The lowest BCUT2D eigenvalue weighted by atomic mass is 10.1. The van der Waals surface area contributed by atoms with Crippen molar-refractivity contribution in [2.24, 2.45) is 5.73 Å². The van der Waals surface area contributed by atoms with E-state index in [1.165, 1.54) is 0 Å². The zero-order valence-electron chi connectivity index (χ0n) is 10.8. The molecule has 0 spiro atoms. The van der Waals surface area contributed by atoms with Gasteiger partial charge < -0.3 is 15.4 Å². The highest BCUT2D eigenvalue weighted by Crippen LogP contribution is 2.19. The second kappa shape index (κ2) is 7.24. The van der Waals surface area contributed by atoms with Crippen molar-refractivity contribution in [1.82, 2.24) is 4.90 Å². The fourth-order valence-corrected chi connectivity index (χ4v) is 2.33. The first kappa shape index (κ1) is 16.4. The van der Waals surface area contributed by atoms with Gasteiger partial charge >= 0.3 is 0 Å². The quantitative estimate of drug-likeness (QED) is 0.888. The lowest BCUT2D eigenvalue weighted by molar-refractivity contribution is -0.0167. The number of carbonyl (C=O) groups is 1. The summed E-state index contributed by atoms with van der Waals surface area (Å²) in [6, 6.07) is 5.66. The number of halogens is 2. The number of morpholine rings is 1. The van der Waals surface area contributed by atoms with E-state index in [9.17, 15) is 4.79 Å². The summed E-state index contributed by atoms with van der Waals surface area (Å²) in [4.78, 5) is 14.1. The molecule has 2 rings (SSSR count). The number of aryl methyl sites for hydroxylation is 1. The van der Waals surface area contributed by atoms with Crippen LogP contribution in [0.5, 0.6) is 0 Å². The molecule has 1 aromatic rings. The standard InChI is InChI=1S/C13H17BrN2O2.ClH/c1-9-2-3-10(6-12(9)14)13(17)16-4-5-18-11(7-15)8-16;/h2-3,6,11H,4-5,7-8,15H2,1H3;1H. The number of rotatable bonds is 2. The summed E-state index contributed by atoms with van der Waals surface area (Å²) in [5.74, 6) is 0.0393. The Morgan fingerprint density at radius 3 is 2.95 bits per heavy atom. The van der Waals surface area contributed by atoms with Crippen molar-refractivity contribution in [3.63, 3.8) is 0 Å². The molecule has 1 aliphatic rings. The average Bonchev–Trinajstić information content (AvgIpc) is 2.41. The molecular formula is C13H18BrClN2O2. The van der Waals surface area contributed by atoms with Gasteiger partial charge in [-0.1, -0.05) is 22.0 Å². The number of nitrogens with two attached hydrogens (primary N) is 1. The minimum atomic E-state index is -0.0448. The van der Waals surface area contributed by atoms with E-state index in [-0.39, 0.29) is 24.4 Å². The zero-order chi connectivity index (χ0) is 13.1. The van der Waals surface area contributed by atoms with Gasteiger partial charge in [-0.15, -0.1) is 12.4 Å². The molecule has 19 heavy (non-hydrogen) atoms. The molecule has 106 valence electrons. The van der Waals surface area contributed by atoms with Crippen molar-refractivity contribution < 1.29 is 9.53 Å². The highest BCUT2D eigenvalue weighted by atomic mass is 79.9. The Labute approximate surface area is 127 Å². The number of hydrogen-bond donors (Lipinski definition) is 1. The number of benzene rings is 1. The summed E-state index contributed by atoms with van der Waals surface area (Å²) in [6.45, 7) is 4.20. The summed E-state index contributed by atoms with van der Waals surface area (Å²) in [7, 11) is 0. The van der Waals surface area contributed by atoms with E-state index in [0.717, 1.165) is 10.0 Å². The van der Waals surface area contributed by atoms with Crippen LogP contribution in [0.2, 0.25) is 0 Å². The Balaban J connectivity index is 0.00000180. The first-order valence-electron chi connectivity index (χ1n) is 5.99. The summed E-state index contributed by atoms with van der Waals surface area (Å²) < 4.78 is 6.41. The van der Waals surface area contributed by atoms with Gasteiger partial charge in [0, 0.05) is 29.7 Å². The normalized spacial score (nSPS) is 18.9. The molecule has 0 aliphatic carbocycles. The van der Waals surface area contributed by atoms with Gasteiger partial charge in [0.25, 0.3) is 5.91 Å². The Morgan fingerprint density at radius 1 is 1.58 bits per heavy atom. The Kier molecular flexibility index (Phi) is 6.26. The molecule has 1 atom stereocenters. The third-order valence-corrected chi connectivity index (χ3v) is 3.96. The monoisotopic (exact) mass is 348 g/mol. The van der Waals surface area contributed by atoms with E-state index in [1.807, 2.05) is 25.1 Å². The Morgan fingerprint density at radius 2 is 2.32 bits per heavy atom.